The van der Waals surface area contributed by atoms with E-state index in [0.29, 0.717) is 0 Å². The molecule has 0 radical (unpaired) electrons. The SMILES string of the molecule is CNc1ccc(Nc2ccc(C)cc2)cc1.Cc1ccc(C)[nH]1.Cc1ccc(C)s1. The molecule has 158 valence electrons. The second-order valence-electron chi connectivity index (χ2n) is 7.30. The number of aromatic amines is 1. The molecular weight excluding hydrogens is 386 g/mol. The van der Waals surface area contributed by atoms with Gasteiger partial charge in [0.05, 0.1) is 0 Å². The molecule has 0 spiro atoms. The van der Waals surface area contributed by atoms with E-state index in [4.69, 9.17) is 0 Å². The van der Waals surface area contributed by atoms with E-state index in [1.54, 1.807) is 0 Å². The van der Waals surface area contributed by atoms with Crippen LogP contribution in [-0.2, 0) is 0 Å². The average molecular weight is 420 g/mol. The first-order chi connectivity index (χ1) is 14.4. The summed E-state index contributed by atoms with van der Waals surface area (Å²) in [5.41, 5.74) is 7.08. The van der Waals surface area contributed by atoms with Crippen LogP contribution in [0.3, 0.4) is 0 Å². The highest BCUT2D eigenvalue weighted by Gasteiger charge is 1.94. The van der Waals surface area contributed by atoms with Gasteiger partial charge in [0, 0.05) is 45.3 Å². The van der Waals surface area contributed by atoms with Crippen molar-refractivity contribution in [3.05, 3.63) is 99.5 Å². The van der Waals surface area contributed by atoms with Gasteiger partial charge in [0.2, 0.25) is 0 Å². The highest BCUT2D eigenvalue weighted by Crippen LogP contribution is 2.18. The van der Waals surface area contributed by atoms with Crippen molar-refractivity contribution in [2.24, 2.45) is 0 Å². The summed E-state index contributed by atoms with van der Waals surface area (Å²) in [6, 6.07) is 25.0. The maximum Gasteiger partial charge on any atom is 0.0385 e. The summed E-state index contributed by atoms with van der Waals surface area (Å²) in [4.78, 5) is 5.94. The van der Waals surface area contributed by atoms with Crippen LogP contribution in [0.1, 0.15) is 26.7 Å². The van der Waals surface area contributed by atoms with Gasteiger partial charge in [0.15, 0.2) is 0 Å². The van der Waals surface area contributed by atoms with E-state index in [1.165, 1.54) is 26.7 Å². The summed E-state index contributed by atoms with van der Waals surface area (Å²) in [6.45, 7) is 10.4. The lowest BCUT2D eigenvalue weighted by atomic mass is 10.2. The van der Waals surface area contributed by atoms with E-state index in [2.05, 4.69) is 109 Å². The molecule has 0 amide bonds. The van der Waals surface area contributed by atoms with E-state index in [-0.39, 0.29) is 0 Å². The Morgan fingerprint density at radius 1 is 0.567 bits per heavy atom. The molecule has 0 fully saturated rings. The highest BCUT2D eigenvalue weighted by molar-refractivity contribution is 7.11. The third-order valence-electron chi connectivity index (χ3n) is 4.37. The Morgan fingerprint density at radius 2 is 1.00 bits per heavy atom. The lowest BCUT2D eigenvalue weighted by Crippen LogP contribution is -1.91. The van der Waals surface area contributed by atoms with Crippen LogP contribution in [0.5, 0.6) is 0 Å². The minimum Gasteiger partial charge on any atom is -0.388 e. The molecule has 2 aromatic heterocycles. The summed E-state index contributed by atoms with van der Waals surface area (Å²) < 4.78 is 0. The van der Waals surface area contributed by atoms with Crippen molar-refractivity contribution in [1.82, 2.24) is 4.98 Å². The quantitative estimate of drug-likeness (QED) is 0.317. The Balaban J connectivity index is 0.000000188. The predicted octanol–water partition coefficient (Wildman–Crippen LogP) is 7.78. The summed E-state index contributed by atoms with van der Waals surface area (Å²) in [7, 11) is 1.92. The van der Waals surface area contributed by atoms with Gasteiger partial charge in [0.1, 0.15) is 0 Å². The standard InChI is InChI=1S/C14H16N2.C6H9N.C6H8S/c1-11-3-5-13(6-4-11)16-14-9-7-12(15-2)8-10-14;2*1-5-3-4-6(2)7-5/h3-10,15-16H,1-2H3;3-4,7H,1-2H3;3-4H,1-2H3. The van der Waals surface area contributed by atoms with E-state index < -0.39 is 0 Å². The Hall–Kier alpha value is -2.98. The van der Waals surface area contributed by atoms with Crippen LogP contribution in [0.4, 0.5) is 17.1 Å². The van der Waals surface area contributed by atoms with Gasteiger partial charge in [-0.1, -0.05) is 17.7 Å². The molecule has 0 aliphatic heterocycles. The zero-order chi connectivity index (χ0) is 21.9. The second kappa shape index (κ2) is 11.9. The monoisotopic (exact) mass is 419 g/mol. The summed E-state index contributed by atoms with van der Waals surface area (Å²) in [6.07, 6.45) is 0. The number of rotatable bonds is 3. The van der Waals surface area contributed by atoms with Gasteiger partial charge in [-0.05, 0) is 95.3 Å². The van der Waals surface area contributed by atoms with Gasteiger partial charge in [-0.3, -0.25) is 0 Å². The van der Waals surface area contributed by atoms with E-state index >= 15 is 0 Å². The van der Waals surface area contributed by atoms with Crippen LogP contribution < -0.4 is 10.6 Å². The predicted molar refractivity (Wildman–Crippen MR) is 135 cm³/mol. The van der Waals surface area contributed by atoms with Crippen LogP contribution in [-0.4, -0.2) is 12.0 Å². The highest BCUT2D eigenvalue weighted by atomic mass is 32.1. The van der Waals surface area contributed by atoms with Crippen LogP contribution in [0.2, 0.25) is 0 Å². The zero-order valence-electron chi connectivity index (χ0n) is 18.8. The molecule has 30 heavy (non-hydrogen) atoms. The molecule has 4 heteroatoms. The van der Waals surface area contributed by atoms with Crippen molar-refractivity contribution in [2.75, 3.05) is 17.7 Å². The zero-order valence-corrected chi connectivity index (χ0v) is 19.7. The summed E-state index contributed by atoms with van der Waals surface area (Å²) >= 11 is 1.84. The Labute approximate surface area is 185 Å². The lowest BCUT2D eigenvalue weighted by molar-refractivity contribution is 1.19. The molecule has 0 atom stereocenters. The maximum atomic E-state index is 3.35. The topological polar surface area (TPSA) is 39.8 Å². The molecule has 3 nitrogen and oxygen atoms in total. The van der Waals surface area contributed by atoms with Gasteiger partial charge in [0.25, 0.3) is 0 Å². The molecule has 0 aliphatic rings. The van der Waals surface area contributed by atoms with E-state index in [0.717, 1.165) is 17.1 Å². The first-order valence-electron chi connectivity index (χ1n) is 10.1. The van der Waals surface area contributed by atoms with Gasteiger partial charge in [-0.15, -0.1) is 11.3 Å². The minimum absolute atomic E-state index is 1.10. The van der Waals surface area contributed by atoms with Crippen molar-refractivity contribution in [3.63, 3.8) is 0 Å². The molecule has 3 N–H and O–H groups in total. The van der Waals surface area contributed by atoms with Crippen LogP contribution in [0, 0.1) is 34.6 Å². The Morgan fingerprint density at radius 3 is 1.33 bits per heavy atom. The largest absolute Gasteiger partial charge is 0.388 e. The molecule has 0 unspecified atom stereocenters. The first-order valence-corrected chi connectivity index (χ1v) is 10.9. The number of hydrogen-bond acceptors (Lipinski definition) is 3. The van der Waals surface area contributed by atoms with E-state index in [9.17, 15) is 0 Å². The van der Waals surface area contributed by atoms with Crippen molar-refractivity contribution in [2.45, 2.75) is 34.6 Å². The number of anilines is 3. The van der Waals surface area contributed by atoms with Gasteiger partial charge in [-0.2, -0.15) is 0 Å². The van der Waals surface area contributed by atoms with Gasteiger partial charge in [-0.25, -0.2) is 0 Å². The van der Waals surface area contributed by atoms with Crippen LogP contribution >= 0.6 is 11.3 Å². The second-order valence-corrected chi connectivity index (χ2v) is 8.79. The smallest absolute Gasteiger partial charge is 0.0385 e. The molecule has 0 saturated carbocycles. The van der Waals surface area contributed by atoms with Crippen molar-refractivity contribution < 1.29 is 0 Å². The fourth-order valence-electron chi connectivity index (χ4n) is 2.72. The van der Waals surface area contributed by atoms with Crippen molar-refractivity contribution in [3.8, 4) is 0 Å². The number of hydrogen-bond donors (Lipinski definition) is 3. The van der Waals surface area contributed by atoms with Gasteiger partial charge < -0.3 is 15.6 Å². The normalized spacial score (nSPS) is 9.67. The number of H-pyrrole nitrogens is 1. The number of benzene rings is 2. The Bertz CT molecular complexity index is 924. The number of thiophene rings is 1. The molecule has 4 rings (SSSR count). The fraction of sp³-hybridized carbons (Fsp3) is 0.231. The number of aromatic nitrogens is 1. The first kappa shape index (κ1) is 23.3. The third kappa shape index (κ3) is 8.58. The third-order valence-corrected chi connectivity index (χ3v) is 5.28. The summed E-state index contributed by atoms with van der Waals surface area (Å²) in [5, 5.41) is 6.45. The molecule has 2 heterocycles. The molecule has 0 saturated heterocycles. The number of aryl methyl sites for hydroxylation is 5. The maximum absolute atomic E-state index is 3.35. The molecule has 4 aromatic rings. The average Bonchev–Trinajstić information content (AvgIpc) is 3.31. The fourth-order valence-corrected chi connectivity index (χ4v) is 3.50. The van der Waals surface area contributed by atoms with Gasteiger partial charge >= 0.3 is 0 Å². The molecule has 0 bridgehead atoms. The lowest BCUT2D eigenvalue weighted by Gasteiger charge is -2.07. The van der Waals surface area contributed by atoms with Crippen molar-refractivity contribution in [1.29, 1.82) is 0 Å². The van der Waals surface area contributed by atoms with E-state index in [1.807, 2.05) is 32.2 Å². The molecule has 2 aromatic carbocycles. The van der Waals surface area contributed by atoms with Crippen molar-refractivity contribution >= 4 is 28.4 Å². The minimum atomic E-state index is 1.10. The molecular formula is C26H33N3S. The molecule has 0 aliphatic carbocycles. The Kier molecular flexibility index (Phi) is 9.23. The number of nitrogens with one attached hydrogen (secondary N) is 3. The van der Waals surface area contributed by atoms with Crippen LogP contribution in [0.25, 0.3) is 0 Å². The van der Waals surface area contributed by atoms with Crippen LogP contribution in [0.15, 0.2) is 72.8 Å². The summed E-state index contributed by atoms with van der Waals surface area (Å²) in [5.74, 6) is 0.